The lowest BCUT2D eigenvalue weighted by Crippen LogP contribution is -2.43. The first-order chi connectivity index (χ1) is 19.0. The lowest BCUT2D eigenvalue weighted by atomic mass is 9.94. The van der Waals surface area contributed by atoms with Crippen LogP contribution in [0.3, 0.4) is 0 Å². The Morgan fingerprint density at radius 1 is 0.821 bits per heavy atom. The van der Waals surface area contributed by atoms with Crippen LogP contribution in [0.2, 0.25) is 0 Å². The Labute approximate surface area is 227 Å². The number of alkyl carbamates (subject to hydrolysis) is 1. The van der Waals surface area contributed by atoms with Gasteiger partial charge in [-0.2, -0.15) is 0 Å². The smallest absolute Gasteiger partial charge is 0.407 e. The minimum absolute atomic E-state index is 0.164. The topological polar surface area (TPSA) is 107 Å². The number of carbonyl (C=O) groups excluding carboxylic acids is 3. The minimum Gasteiger partial charge on any atom is -0.467 e. The molecular formula is C31H29N3O5. The fourth-order valence-corrected chi connectivity index (χ4v) is 4.09. The molecule has 0 aliphatic rings. The fourth-order valence-electron chi connectivity index (χ4n) is 4.09. The van der Waals surface area contributed by atoms with E-state index in [-0.39, 0.29) is 19.6 Å². The Kier molecular flexibility index (Phi) is 9.39. The minimum atomic E-state index is -0.915. The lowest BCUT2D eigenvalue weighted by molar-refractivity contribution is -0.142. The summed E-state index contributed by atoms with van der Waals surface area (Å²) >= 11 is 0. The molecule has 2 amide bonds. The number of benzene rings is 3. The zero-order chi connectivity index (χ0) is 27.5. The summed E-state index contributed by atoms with van der Waals surface area (Å²) in [7, 11) is 1.28. The third-order valence-electron chi connectivity index (χ3n) is 6.05. The highest BCUT2D eigenvalue weighted by Crippen LogP contribution is 2.27. The molecule has 0 bridgehead atoms. The van der Waals surface area contributed by atoms with Gasteiger partial charge in [-0.05, 0) is 40.5 Å². The predicted octanol–water partition coefficient (Wildman–Crippen LogP) is 4.69. The third-order valence-corrected chi connectivity index (χ3v) is 6.05. The quantitative estimate of drug-likeness (QED) is 0.292. The molecule has 4 aromatic rings. The average Bonchev–Trinajstić information content (AvgIpc) is 2.99. The van der Waals surface area contributed by atoms with E-state index >= 15 is 0 Å². The molecule has 0 aliphatic heterocycles. The van der Waals surface area contributed by atoms with Crippen LogP contribution in [-0.4, -0.2) is 36.1 Å². The monoisotopic (exact) mass is 523 g/mol. The Morgan fingerprint density at radius 3 is 2.26 bits per heavy atom. The van der Waals surface area contributed by atoms with E-state index in [2.05, 4.69) is 15.6 Å². The van der Waals surface area contributed by atoms with Gasteiger partial charge in [-0.25, -0.2) is 9.59 Å². The van der Waals surface area contributed by atoms with Crippen LogP contribution < -0.4 is 10.6 Å². The van der Waals surface area contributed by atoms with Gasteiger partial charge in [-0.3, -0.25) is 9.78 Å². The number of esters is 1. The number of aromatic nitrogens is 1. The summed E-state index contributed by atoms with van der Waals surface area (Å²) in [5.41, 5.74) is 4.15. The van der Waals surface area contributed by atoms with Gasteiger partial charge in [0.2, 0.25) is 0 Å². The van der Waals surface area contributed by atoms with Gasteiger partial charge < -0.3 is 20.1 Å². The summed E-state index contributed by atoms with van der Waals surface area (Å²) in [6.45, 7) is 0.362. The van der Waals surface area contributed by atoms with E-state index < -0.39 is 24.0 Å². The van der Waals surface area contributed by atoms with E-state index in [0.717, 1.165) is 16.7 Å². The number of nitrogens with one attached hydrogen (secondary N) is 2. The van der Waals surface area contributed by atoms with Crippen molar-refractivity contribution in [1.82, 2.24) is 15.6 Å². The molecule has 0 fully saturated rings. The molecule has 3 aromatic carbocycles. The number of rotatable bonds is 10. The molecule has 2 N–H and O–H groups in total. The van der Waals surface area contributed by atoms with E-state index in [4.69, 9.17) is 9.47 Å². The van der Waals surface area contributed by atoms with E-state index in [9.17, 15) is 14.4 Å². The van der Waals surface area contributed by atoms with Crippen LogP contribution in [0, 0.1) is 0 Å². The first-order valence-electron chi connectivity index (χ1n) is 12.5. The molecule has 1 aromatic heterocycles. The number of nitrogens with zero attached hydrogens (tertiary/aromatic N) is 1. The van der Waals surface area contributed by atoms with Crippen molar-refractivity contribution in [3.8, 4) is 11.1 Å². The summed E-state index contributed by atoms with van der Waals surface area (Å²) in [6, 6.07) is 28.5. The Hall–Kier alpha value is -4.98. The fraction of sp³-hybridized carbons (Fsp3) is 0.161. The lowest BCUT2D eigenvalue weighted by Gasteiger charge is -2.18. The zero-order valence-corrected chi connectivity index (χ0v) is 21.5. The number of pyridine rings is 1. The van der Waals surface area contributed by atoms with E-state index in [1.807, 2.05) is 72.8 Å². The van der Waals surface area contributed by atoms with Crippen LogP contribution in [-0.2, 0) is 33.8 Å². The highest BCUT2D eigenvalue weighted by atomic mass is 16.5. The number of amides is 2. The SMILES string of the molecule is COC(=O)C(Cc1ccccn1)NC(=O)c1ccccc1-c1ccccc1CNC(=O)OCc1ccccc1. The summed E-state index contributed by atoms with van der Waals surface area (Å²) in [5.74, 6) is -0.993. The maximum atomic E-state index is 13.4. The van der Waals surface area contributed by atoms with Gasteiger partial charge in [0.1, 0.15) is 12.6 Å². The van der Waals surface area contributed by atoms with Crippen LogP contribution in [0.4, 0.5) is 4.79 Å². The third kappa shape index (κ3) is 7.52. The summed E-state index contributed by atoms with van der Waals surface area (Å²) in [5, 5.41) is 5.58. The first kappa shape index (κ1) is 27.1. The molecule has 0 radical (unpaired) electrons. The molecule has 1 atom stereocenters. The van der Waals surface area contributed by atoms with Crippen LogP contribution in [0.5, 0.6) is 0 Å². The molecule has 4 rings (SSSR count). The maximum absolute atomic E-state index is 13.4. The number of methoxy groups -OCH3 is 1. The van der Waals surface area contributed by atoms with Crippen LogP contribution in [0.25, 0.3) is 11.1 Å². The zero-order valence-electron chi connectivity index (χ0n) is 21.5. The molecular weight excluding hydrogens is 494 g/mol. The second-order valence-electron chi connectivity index (χ2n) is 8.69. The Balaban J connectivity index is 1.49. The number of ether oxygens (including phenoxy) is 2. The largest absolute Gasteiger partial charge is 0.467 e. The van der Waals surface area contributed by atoms with Crippen molar-refractivity contribution >= 4 is 18.0 Å². The molecule has 0 aliphatic carbocycles. The average molecular weight is 524 g/mol. The number of carbonyl (C=O) groups is 3. The van der Waals surface area contributed by atoms with Gasteiger partial charge >= 0.3 is 12.1 Å². The van der Waals surface area contributed by atoms with E-state index in [1.165, 1.54) is 7.11 Å². The summed E-state index contributed by atoms with van der Waals surface area (Å²) < 4.78 is 10.2. The van der Waals surface area contributed by atoms with Crippen molar-refractivity contribution in [1.29, 1.82) is 0 Å². The van der Waals surface area contributed by atoms with Crippen molar-refractivity contribution in [2.24, 2.45) is 0 Å². The highest BCUT2D eigenvalue weighted by Gasteiger charge is 2.25. The maximum Gasteiger partial charge on any atom is 0.407 e. The van der Waals surface area contributed by atoms with Gasteiger partial charge in [0.15, 0.2) is 0 Å². The van der Waals surface area contributed by atoms with Crippen LogP contribution in [0.15, 0.2) is 103 Å². The summed E-state index contributed by atoms with van der Waals surface area (Å²) in [4.78, 5) is 42.5. The van der Waals surface area contributed by atoms with Gasteiger partial charge in [0.05, 0.1) is 7.11 Å². The first-order valence-corrected chi connectivity index (χ1v) is 12.5. The van der Waals surface area contributed by atoms with Gasteiger partial charge in [0, 0.05) is 30.4 Å². The molecule has 198 valence electrons. The van der Waals surface area contributed by atoms with E-state index in [1.54, 1.807) is 30.5 Å². The van der Waals surface area contributed by atoms with Crippen molar-refractivity contribution in [2.45, 2.75) is 25.6 Å². The van der Waals surface area contributed by atoms with Crippen molar-refractivity contribution in [3.05, 3.63) is 126 Å². The second kappa shape index (κ2) is 13.5. The Morgan fingerprint density at radius 2 is 1.51 bits per heavy atom. The Bertz CT molecular complexity index is 1410. The van der Waals surface area contributed by atoms with Crippen LogP contribution in [0.1, 0.15) is 27.2 Å². The highest BCUT2D eigenvalue weighted by molar-refractivity contribution is 6.02. The van der Waals surface area contributed by atoms with Gasteiger partial charge in [0.25, 0.3) is 5.91 Å². The van der Waals surface area contributed by atoms with Crippen LogP contribution >= 0.6 is 0 Å². The van der Waals surface area contributed by atoms with Crippen molar-refractivity contribution in [3.63, 3.8) is 0 Å². The van der Waals surface area contributed by atoms with Crippen molar-refractivity contribution in [2.75, 3.05) is 7.11 Å². The molecule has 0 spiro atoms. The van der Waals surface area contributed by atoms with E-state index in [0.29, 0.717) is 16.8 Å². The second-order valence-corrected chi connectivity index (χ2v) is 8.69. The normalized spacial score (nSPS) is 11.2. The summed E-state index contributed by atoms with van der Waals surface area (Å²) in [6.07, 6.45) is 1.27. The van der Waals surface area contributed by atoms with Gasteiger partial charge in [-0.1, -0.05) is 78.9 Å². The molecule has 39 heavy (non-hydrogen) atoms. The molecule has 0 saturated heterocycles. The van der Waals surface area contributed by atoms with Gasteiger partial charge in [-0.15, -0.1) is 0 Å². The molecule has 0 saturated carbocycles. The molecule has 8 heteroatoms. The predicted molar refractivity (Wildman–Crippen MR) is 147 cm³/mol. The molecule has 1 heterocycles. The number of hydrogen-bond donors (Lipinski definition) is 2. The van der Waals surface area contributed by atoms with Crippen molar-refractivity contribution < 1.29 is 23.9 Å². The molecule has 1 unspecified atom stereocenters. The standard InChI is InChI=1S/C31H29N3O5/c1-38-30(36)28(19-24-14-9-10-18-32-24)34-29(35)27-17-8-7-16-26(27)25-15-6-5-13-23(25)20-33-31(37)39-21-22-11-3-2-4-12-22/h2-18,28H,19-21H2,1H3,(H,33,37)(H,34,35). The number of hydrogen-bond acceptors (Lipinski definition) is 6. The molecule has 8 nitrogen and oxygen atoms in total.